The molecule has 0 amide bonds. The maximum Gasteiger partial charge on any atom is 0.143 e. The van der Waals surface area contributed by atoms with Crippen LogP contribution in [0.15, 0.2) is 186 Å². The van der Waals surface area contributed by atoms with Gasteiger partial charge in [0.2, 0.25) is 0 Å². The summed E-state index contributed by atoms with van der Waals surface area (Å²) in [4.78, 5) is 0. The Kier molecular flexibility index (Phi) is 3.34. The minimum atomic E-state index is -0.865. The SMILES string of the molecule is [2H]c1c([2H])c([2H])c(-c2c3c([2H])c([2H])c([2H])c([2H])c3c(-c3c([2H])c([2H])c([2H])c4c([2H])c([2H])c([2H])c([2H])c34)c3c([2H])c([2H])c([2H])c([2H])c23)c(-c2ccc3c(c2)oc2c(-c4ccccc4)cccc23)c1[2H]. The van der Waals surface area contributed by atoms with Gasteiger partial charge in [0.1, 0.15) is 11.2 Å². The third-order valence-electron chi connectivity index (χ3n) is 8.75. The maximum atomic E-state index is 9.57. The van der Waals surface area contributed by atoms with Crippen molar-refractivity contribution in [2.75, 3.05) is 0 Å². The third-order valence-corrected chi connectivity index (χ3v) is 8.75. The Morgan fingerprint density at radius 1 is 0.367 bits per heavy atom. The second kappa shape index (κ2) is 11.1. The highest BCUT2D eigenvalue weighted by Crippen LogP contribution is 2.47. The number of hydrogen-bond acceptors (Lipinski definition) is 1. The molecule has 0 N–H and O–H groups in total. The first kappa shape index (κ1) is 14.8. The Hall–Kier alpha value is -6.44. The number of hydrogen-bond donors (Lipinski definition) is 0. The van der Waals surface area contributed by atoms with E-state index in [1.807, 2.05) is 48.5 Å². The molecule has 1 heterocycles. The van der Waals surface area contributed by atoms with Crippen LogP contribution in [0.5, 0.6) is 0 Å². The molecule has 0 atom stereocenters. The molecule has 1 heteroatoms. The van der Waals surface area contributed by atoms with E-state index in [1.165, 1.54) is 0 Å². The van der Waals surface area contributed by atoms with Gasteiger partial charge in [-0.1, -0.05) is 169 Å². The zero-order chi connectivity index (χ0) is 48.8. The zero-order valence-electron chi connectivity index (χ0n) is 44.3. The molecule has 228 valence electrons. The highest BCUT2D eigenvalue weighted by molar-refractivity contribution is 6.24. The van der Waals surface area contributed by atoms with Crippen LogP contribution in [0.2, 0.25) is 0 Å². The average molecular weight is 642 g/mol. The molecular formula is C48H30O. The van der Waals surface area contributed by atoms with E-state index in [0.29, 0.717) is 16.6 Å². The lowest BCUT2D eigenvalue weighted by Gasteiger charge is -2.20. The monoisotopic (exact) mass is 641 g/mol. The van der Waals surface area contributed by atoms with Crippen LogP contribution in [0.3, 0.4) is 0 Å². The fourth-order valence-electron chi connectivity index (χ4n) is 6.64. The number of benzene rings is 9. The molecule has 0 fully saturated rings. The zero-order valence-corrected chi connectivity index (χ0v) is 25.3. The molecule has 9 aromatic carbocycles. The Bertz CT molecular complexity index is 3870. The highest BCUT2D eigenvalue weighted by Gasteiger charge is 2.20. The first-order valence-electron chi connectivity index (χ1n) is 24.8. The number of para-hydroxylation sites is 1. The van der Waals surface area contributed by atoms with Gasteiger partial charge >= 0.3 is 0 Å². The minimum absolute atomic E-state index is 0.132. The van der Waals surface area contributed by atoms with Crippen LogP contribution in [0, 0.1) is 0 Å². The predicted octanol–water partition coefficient (Wildman–Crippen LogP) is 13.7. The van der Waals surface area contributed by atoms with E-state index in [0.717, 1.165) is 16.5 Å². The van der Waals surface area contributed by atoms with Gasteiger partial charge in [0, 0.05) is 16.3 Å². The lowest BCUT2D eigenvalue weighted by molar-refractivity contribution is 0.670. The summed E-state index contributed by atoms with van der Waals surface area (Å²) in [5.41, 5.74) is 0.351. The highest BCUT2D eigenvalue weighted by atomic mass is 16.3. The summed E-state index contributed by atoms with van der Waals surface area (Å²) in [6.07, 6.45) is 0. The van der Waals surface area contributed by atoms with Gasteiger partial charge in [-0.05, 0) is 83.4 Å². The summed E-state index contributed by atoms with van der Waals surface area (Å²) in [5.74, 6) is 0. The quantitative estimate of drug-likeness (QED) is 0.174. The Morgan fingerprint density at radius 3 is 1.69 bits per heavy atom. The van der Waals surface area contributed by atoms with Gasteiger partial charge < -0.3 is 4.42 Å². The van der Waals surface area contributed by atoms with E-state index in [1.54, 1.807) is 18.2 Å². The van der Waals surface area contributed by atoms with E-state index < -0.39 is 169 Å². The molecule has 0 aliphatic rings. The van der Waals surface area contributed by atoms with Gasteiger partial charge in [-0.2, -0.15) is 0 Å². The largest absolute Gasteiger partial charge is 0.455 e. The van der Waals surface area contributed by atoms with Crippen molar-refractivity contribution in [2.24, 2.45) is 0 Å². The van der Waals surface area contributed by atoms with Crippen LogP contribution in [0.25, 0.3) is 98.8 Å². The van der Waals surface area contributed by atoms with E-state index in [9.17, 15) is 9.60 Å². The fourth-order valence-corrected chi connectivity index (χ4v) is 6.64. The lowest BCUT2D eigenvalue weighted by atomic mass is 9.83. The number of fused-ring (bicyclic) bond motifs is 6. The standard InChI is InChI=1S/C48H30O/c1-2-14-32(15-3-1)36-25-13-27-44-37-29-28-33(30-45(37)49-48(36)44)35-19-6-7-20-38(35)46-40-21-8-10-23-42(40)47(43-24-11-9-22-41(43)46)39-26-12-17-31-16-4-5-18-34(31)39/h1-30H/i4D,5D,6D,7D,8D,9D,10D,11D,12D,16D,17D,18D,19D,20D,21D,22D,23D,24D,26D. The van der Waals surface area contributed by atoms with Crippen molar-refractivity contribution in [3.8, 4) is 44.5 Å². The molecule has 0 bridgehead atoms. The van der Waals surface area contributed by atoms with Crippen LogP contribution in [-0.4, -0.2) is 0 Å². The molecule has 0 radical (unpaired) electrons. The van der Waals surface area contributed by atoms with Crippen LogP contribution < -0.4 is 0 Å². The molecule has 0 spiro atoms. The van der Waals surface area contributed by atoms with E-state index in [2.05, 4.69) is 0 Å². The maximum absolute atomic E-state index is 9.57. The van der Waals surface area contributed by atoms with Gasteiger partial charge in [-0.25, -0.2) is 0 Å². The second-order valence-corrected chi connectivity index (χ2v) is 11.4. The van der Waals surface area contributed by atoms with Crippen molar-refractivity contribution >= 4 is 54.3 Å². The molecule has 10 rings (SSSR count). The van der Waals surface area contributed by atoms with E-state index in [-0.39, 0.29) is 11.1 Å². The first-order chi connectivity index (χ1) is 32.2. The minimum Gasteiger partial charge on any atom is -0.455 e. The number of furan rings is 1. The third kappa shape index (κ3) is 4.33. The first-order valence-corrected chi connectivity index (χ1v) is 15.3. The normalized spacial score (nSPS) is 17.1. The molecule has 1 aromatic heterocycles. The fraction of sp³-hybridized carbons (Fsp3) is 0. The van der Waals surface area contributed by atoms with E-state index >= 15 is 0 Å². The van der Waals surface area contributed by atoms with Crippen LogP contribution in [0.4, 0.5) is 0 Å². The molecule has 10 aromatic rings. The summed E-state index contributed by atoms with van der Waals surface area (Å²) in [5, 5.41) is -1.84. The summed E-state index contributed by atoms with van der Waals surface area (Å²) in [6, 6.07) is 4.66. The average Bonchev–Trinajstić information content (AvgIpc) is 3.72. The Morgan fingerprint density at radius 2 is 0.959 bits per heavy atom. The number of rotatable bonds is 4. The van der Waals surface area contributed by atoms with Crippen molar-refractivity contribution < 1.29 is 30.5 Å². The van der Waals surface area contributed by atoms with Crippen molar-refractivity contribution in [3.05, 3.63) is 182 Å². The molecule has 49 heavy (non-hydrogen) atoms. The summed E-state index contributed by atoms with van der Waals surface area (Å²) in [6.45, 7) is 0. The summed E-state index contributed by atoms with van der Waals surface area (Å²) < 4.78 is 179. The Labute approximate surface area is 311 Å². The molecular weight excluding hydrogens is 593 g/mol. The summed E-state index contributed by atoms with van der Waals surface area (Å²) >= 11 is 0. The molecule has 0 unspecified atom stereocenters. The van der Waals surface area contributed by atoms with Gasteiger partial charge in [0.05, 0.1) is 26.0 Å². The van der Waals surface area contributed by atoms with Crippen molar-refractivity contribution in [3.63, 3.8) is 0 Å². The van der Waals surface area contributed by atoms with Crippen LogP contribution >= 0.6 is 0 Å². The molecule has 1 nitrogen and oxygen atoms in total. The van der Waals surface area contributed by atoms with Crippen molar-refractivity contribution in [1.29, 1.82) is 0 Å². The van der Waals surface area contributed by atoms with Crippen molar-refractivity contribution in [1.82, 2.24) is 0 Å². The second-order valence-electron chi connectivity index (χ2n) is 11.4. The van der Waals surface area contributed by atoms with Gasteiger partial charge in [-0.15, -0.1) is 0 Å². The van der Waals surface area contributed by atoms with Crippen LogP contribution in [-0.2, 0) is 0 Å². The summed E-state index contributed by atoms with van der Waals surface area (Å²) in [7, 11) is 0. The van der Waals surface area contributed by atoms with Crippen LogP contribution in [0.1, 0.15) is 26.0 Å². The molecule has 0 saturated heterocycles. The van der Waals surface area contributed by atoms with E-state index in [4.69, 9.17) is 20.9 Å². The predicted molar refractivity (Wildman–Crippen MR) is 208 cm³/mol. The van der Waals surface area contributed by atoms with Crippen molar-refractivity contribution in [2.45, 2.75) is 0 Å². The van der Waals surface area contributed by atoms with Gasteiger partial charge in [0.15, 0.2) is 0 Å². The Balaban J connectivity index is 1.46. The molecule has 0 aliphatic heterocycles. The molecule has 0 aliphatic carbocycles. The molecule has 0 saturated carbocycles. The van der Waals surface area contributed by atoms with Gasteiger partial charge in [0.25, 0.3) is 0 Å². The lowest BCUT2D eigenvalue weighted by Crippen LogP contribution is -1.93. The topological polar surface area (TPSA) is 13.1 Å². The van der Waals surface area contributed by atoms with Gasteiger partial charge in [-0.3, -0.25) is 0 Å². The smallest absolute Gasteiger partial charge is 0.143 e.